The number of fused-ring (bicyclic) bond motifs is 6. The van der Waals surface area contributed by atoms with E-state index in [-0.39, 0.29) is 93.2 Å². The number of esters is 1. The summed E-state index contributed by atoms with van der Waals surface area (Å²) in [6.07, 6.45) is 6.22. The minimum atomic E-state index is -2.75. The number of amides is 4. The second-order valence-electron chi connectivity index (χ2n) is 20.8. The zero-order chi connectivity index (χ0) is 63.2. The number of ketones is 3. The van der Waals surface area contributed by atoms with Crippen molar-refractivity contribution in [2.45, 2.75) is 80.1 Å². The Balaban J connectivity index is 0.000000169. The van der Waals surface area contributed by atoms with Gasteiger partial charge < -0.3 is 81.1 Å². The molecule has 0 bridgehead atoms. The first-order valence-electron chi connectivity index (χ1n) is 25.9. The van der Waals surface area contributed by atoms with Gasteiger partial charge in [0.05, 0.1) is 34.6 Å². The highest BCUT2D eigenvalue weighted by molar-refractivity contribution is 8.00. The Kier molecular flexibility index (Phi) is 18.0. The molecule has 3 aromatic rings. The number of furan rings is 1. The van der Waals surface area contributed by atoms with Crippen LogP contribution in [0.4, 0.5) is 4.79 Å². The highest BCUT2D eigenvalue weighted by atomic mass is 35.5. The number of phenolic OH excluding ortho intramolecular Hbond substituents is 3. The van der Waals surface area contributed by atoms with Gasteiger partial charge in [-0.1, -0.05) is 47.1 Å². The number of ether oxygens (including phenoxy) is 3. The molecule has 3 aliphatic carbocycles. The average Bonchev–Trinajstić information content (AvgIpc) is 0.841. The number of aliphatic hydroxyl groups excluding tert-OH is 2. The van der Waals surface area contributed by atoms with Gasteiger partial charge in [0.2, 0.25) is 11.5 Å². The Morgan fingerprint density at radius 1 is 0.965 bits per heavy atom. The number of rotatable bonds is 9. The maximum atomic E-state index is 13.3. The van der Waals surface area contributed by atoms with Crippen molar-refractivity contribution in [1.82, 2.24) is 15.1 Å². The zero-order valence-corrected chi connectivity index (χ0v) is 47.7. The Bertz CT molecular complexity index is 3570. The number of aliphatic hydroxyl groups is 4. The number of cyclic esters (lactones) is 1. The van der Waals surface area contributed by atoms with E-state index in [1.165, 1.54) is 81.4 Å². The lowest BCUT2D eigenvalue weighted by Gasteiger charge is -2.52. The van der Waals surface area contributed by atoms with Crippen LogP contribution in [0.25, 0.3) is 0 Å². The molecule has 2 aromatic carbocycles. The molecule has 0 radical (unpaired) electrons. The number of likely N-dealkylation sites (N-methyl/N-ethyl adjacent to an activating group) is 1. The summed E-state index contributed by atoms with van der Waals surface area (Å²) in [6.45, 7) is 2.77. The lowest BCUT2D eigenvalue weighted by atomic mass is 9.55. The standard InChI is InChI=1S/C22H24N2O8.C18H17ClO6.C16H16N4O8S/c1-21(31)8-5-4-6-11(25)12(8)16(26)13-9(21)7-10-15(24(2)3)17(27)14(20(23)30)19(29)22(10,32)18(13)28;1-9-6-15-14(25-15)5-3-2-4-10(20)7-11-16(18(23)24-9)12(21)8-13(22)17(11)19;1-26-19-9(8-3-2-4-27-8)12(21)18-10-13(22)20-11(15(23)24)7(5-28-16(17)25)6-29-14(10)20/h4-6,9-10,15,25,27-28,31-32H,7H2,1-3H3,(H2,23,30);2-5,8-9,14-15,21-22H,6-7H2,1H3;2-4,10,14H,5-6H2,1H3,(H2,17,25)(H,18,21)(H,23,24)/b;4-2+,5-3-;19-9-/t9-,10-,15-,21+,22-;;10-,14-/m0.1/s1. The molecule has 1 aromatic heterocycles. The number of oxime groups is 1. The number of carbonyl (C=O) groups excluding carboxylic acids is 8. The number of nitrogens with one attached hydrogen (secondary N) is 1. The van der Waals surface area contributed by atoms with E-state index in [9.17, 15) is 84.0 Å². The molecule has 30 heteroatoms. The second kappa shape index (κ2) is 24.5. The van der Waals surface area contributed by atoms with Crippen molar-refractivity contribution in [2.24, 2.45) is 28.5 Å². The molecule has 7 aliphatic rings. The molecule has 0 spiro atoms. The van der Waals surface area contributed by atoms with E-state index in [1.807, 2.05) is 6.08 Å². The summed E-state index contributed by atoms with van der Waals surface area (Å²) in [5.41, 5.74) is 3.85. The van der Waals surface area contributed by atoms with Crippen LogP contribution < -0.4 is 16.8 Å². The molecule has 86 heavy (non-hydrogen) atoms. The van der Waals surface area contributed by atoms with Gasteiger partial charge in [-0.3, -0.25) is 38.6 Å². The number of Topliss-reactive ketones (excluding diaryl/α,β-unsaturated/α-hetero) is 2. The predicted molar refractivity (Wildman–Crippen MR) is 297 cm³/mol. The van der Waals surface area contributed by atoms with E-state index < -0.39 is 134 Å². The van der Waals surface area contributed by atoms with Crippen LogP contribution in [0.3, 0.4) is 0 Å². The van der Waals surface area contributed by atoms with E-state index in [1.54, 1.807) is 25.1 Å². The van der Waals surface area contributed by atoms with Gasteiger partial charge in [0.25, 0.3) is 17.7 Å². The molecular weight excluding hydrogens is 1180 g/mol. The monoisotopic (exact) mass is 1230 g/mol. The maximum Gasteiger partial charge on any atom is 0.404 e. The third-order valence-electron chi connectivity index (χ3n) is 15.2. The molecule has 13 N–H and O–H groups in total. The summed E-state index contributed by atoms with van der Waals surface area (Å²) in [5, 5.41) is 89.7. The fraction of sp³-hybridized carbons (Fsp3) is 0.357. The van der Waals surface area contributed by atoms with Gasteiger partial charge >= 0.3 is 18.0 Å². The summed E-state index contributed by atoms with van der Waals surface area (Å²) >= 11 is 7.26. The van der Waals surface area contributed by atoms with E-state index in [0.717, 1.165) is 11.0 Å². The molecule has 4 amide bonds. The Morgan fingerprint density at radius 3 is 2.30 bits per heavy atom. The number of carbonyl (C=O) groups is 9. The van der Waals surface area contributed by atoms with Gasteiger partial charge in [-0.25, -0.2) is 14.4 Å². The largest absolute Gasteiger partial charge is 0.510 e. The maximum absolute atomic E-state index is 13.3. The minimum absolute atomic E-state index is 0.0348. The number of thioether (sulfide) groups is 1. The van der Waals surface area contributed by atoms with Crippen molar-refractivity contribution in [2.75, 3.05) is 33.6 Å². The number of benzene rings is 2. The number of aromatic hydroxyl groups is 3. The number of carboxylic acid groups (broad SMARTS) is 1. The number of carboxylic acids is 1. The van der Waals surface area contributed by atoms with E-state index in [2.05, 4.69) is 20.0 Å². The molecular formula is C56H57ClN6O22S. The number of β-lactam (4-membered cyclic amide) rings is 1. The van der Waals surface area contributed by atoms with Crippen LogP contribution in [0.15, 0.2) is 110 Å². The van der Waals surface area contributed by atoms with Crippen molar-refractivity contribution in [3.8, 4) is 17.2 Å². The molecule has 4 aliphatic heterocycles. The Morgan fingerprint density at radius 2 is 1.67 bits per heavy atom. The number of allylic oxidation sites excluding steroid dienone is 3. The number of halogens is 1. The van der Waals surface area contributed by atoms with Crippen LogP contribution in [-0.4, -0.2) is 184 Å². The van der Waals surface area contributed by atoms with Crippen LogP contribution >= 0.6 is 23.4 Å². The van der Waals surface area contributed by atoms with Gasteiger partial charge in [-0.15, -0.1) is 11.8 Å². The van der Waals surface area contributed by atoms with E-state index in [0.29, 0.717) is 6.42 Å². The number of phenols is 3. The topological polar surface area (TPSA) is 452 Å². The number of hydrogen-bond acceptors (Lipinski definition) is 24. The lowest BCUT2D eigenvalue weighted by molar-refractivity contribution is -0.152. The van der Waals surface area contributed by atoms with E-state index >= 15 is 0 Å². The second-order valence-corrected chi connectivity index (χ2v) is 22.3. The van der Waals surface area contributed by atoms with Gasteiger partial charge in [0.1, 0.15) is 82.9 Å². The Labute approximate surface area is 496 Å². The quantitative estimate of drug-likeness (QED) is 0.0364. The van der Waals surface area contributed by atoms with Gasteiger partial charge in [0.15, 0.2) is 22.9 Å². The number of hydrogen-bond donors (Lipinski definition) is 11. The normalized spacial score (nSPS) is 28.4. The number of aliphatic carboxylic acids is 1. The van der Waals surface area contributed by atoms with Crippen molar-refractivity contribution in [3.05, 3.63) is 134 Å². The number of epoxide rings is 1. The summed E-state index contributed by atoms with van der Waals surface area (Å²) in [4.78, 5) is 118. The van der Waals surface area contributed by atoms with Crippen LogP contribution in [0.5, 0.6) is 17.2 Å². The first kappa shape index (κ1) is 63.0. The molecule has 456 valence electrons. The SMILES string of the molecule is CC1CC2OC2/C=C\C=C\C(=O)Cc2c(Cl)c(O)cc(O)c2C(=O)O1.CN(C)[C@@H]1C(O)=C(C(N)=O)C(=O)[C@@]2(O)C(O)=C3C(=O)c4c(O)cccc4[C@@](C)(O)[C@H]3C[C@@H]12.CO/N=C(\C(=O)N[C@@H]1C(=O)N2C(C(=O)O)=C(COC(N)=O)CS[C@H]12)c1ccco1. The molecule has 28 nitrogen and oxygen atoms in total. The van der Waals surface area contributed by atoms with Gasteiger partial charge in [-0.2, -0.15) is 0 Å². The Hall–Kier alpha value is -9.00. The first-order valence-corrected chi connectivity index (χ1v) is 27.4. The smallest absolute Gasteiger partial charge is 0.404 e. The van der Waals surface area contributed by atoms with Crippen molar-refractivity contribution < 1.29 is 107 Å². The zero-order valence-electron chi connectivity index (χ0n) is 46.1. The third kappa shape index (κ3) is 11.6. The van der Waals surface area contributed by atoms with Crippen molar-refractivity contribution in [3.63, 3.8) is 0 Å². The van der Waals surface area contributed by atoms with Crippen LogP contribution in [0.1, 0.15) is 64.3 Å². The summed E-state index contributed by atoms with van der Waals surface area (Å²) in [5.74, 6) is -12.3. The number of nitrogens with zero attached hydrogens (tertiary/aromatic N) is 3. The van der Waals surface area contributed by atoms with E-state index in [4.69, 9.17) is 37.0 Å². The molecule has 10 rings (SSSR count). The van der Waals surface area contributed by atoms with Gasteiger partial charge in [0, 0.05) is 53.2 Å². The minimum Gasteiger partial charge on any atom is -0.510 e. The third-order valence-corrected chi connectivity index (χ3v) is 16.9. The molecule has 10 atom stereocenters. The van der Waals surface area contributed by atoms with Crippen LogP contribution in [0, 0.1) is 11.8 Å². The molecule has 5 heterocycles. The van der Waals surface area contributed by atoms with Crippen LogP contribution in [0.2, 0.25) is 5.02 Å². The summed E-state index contributed by atoms with van der Waals surface area (Å²) in [7, 11) is 4.32. The first-order chi connectivity index (χ1) is 40.5. The highest BCUT2D eigenvalue weighted by Crippen LogP contribution is 2.56. The van der Waals surface area contributed by atoms with Crippen LogP contribution in [-0.2, 0) is 59.8 Å². The molecule has 3 unspecified atom stereocenters. The van der Waals surface area contributed by atoms with Gasteiger partial charge in [-0.05, 0) is 64.2 Å². The fourth-order valence-corrected chi connectivity index (χ4v) is 12.7. The highest BCUT2D eigenvalue weighted by Gasteiger charge is 2.66. The summed E-state index contributed by atoms with van der Waals surface area (Å²) < 4.78 is 20.6. The molecule has 2 fully saturated rings. The lowest BCUT2D eigenvalue weighted by Crippen LogP contribution is -2.71. The summed E-state index contributed by atoms with van der Waals surface area (Å²) in [6, 6.07) is 6.09. The molecule has 2 saturated heterocycles. The van der Waals surface area contributed by atoms with Crippen molar-refractivity contribution in [1.29, 1.82) is 0 Å². The predicted octanol–water partition coefficient (Wildman–Crippen LogP) is 1.94. The number of nitrogens with two attached hydrogens (primary N) is 2. The fourth-order valence-electron chi connectivity index (χ4n) is 11.2. The van der Waals surface area contributed by atoms with Crippen molar-refractivity contribution >= 4 is 82.2 Å². The molecule has 0 saturated carbocycles. The average molecular weight is 1230 g/mol. The number of primary amides is 2.